The minimum Gasteiger partial charge on any atom is -0.397 e. The first-order valence-electron chi connectivity index (χ1n) is 7.11. The molecule has 0 aliphatic heterocycles. The molecule has 0 aliphatic rings. The molecule has 0 saturated carbocycles. The Morgan fingerprint density at radius 3 is 2.60 bits per heavy atom. The molecule has 1 aromatic heterocycles. The zero-order valence-corrected chi connectivity index (χ0v) is 11.7. The number of hydrogen-bond acceptors (Lipinski definition) is 2. The molecule has 1 heterocycles. The van der Waals surface area contributed by atoms with E-state index in [0.29, 0.717) is 0 Å². The van der Waals surface area contributed by atoms with E-state index in [0.717, 1.165) is 47.5 Å². The van der Waals surface area contributed by atoms with Crippen molar-refractivity contribution in [3.8, 4) is 11.4 Å². The van der Waals surface area contributed by atoms with E-state index in [1.165, 1.54) is 0 Å². The number of unbranched alkanes of at least 4 members (excludes halogenated alkanes) is 1. The first kappa shape index (κ1) is 12.7. The third-order valence-electron chi connectivity index (χ3n) is 3.58. The highest BCUT2D eigenvalue weighted by atomic mass is 15.1. The van der Waals surface area contributed by atoms with Crippen LogP contribution in [-0.2, 0) is 6.54 Å². The highest BCUT2D eigenvalue weighted by Gasteiger charge is 2.13. The second-order valence-electron chi connectivity index (χ2n) is 5.02. The summed E-state index contributed by atoms with van der Waals surface area (Å²) < 4.78 is 2.28. The molecule has 0 bridgehead atoms. The van der Waals surface area contributed by atoms with Crippen molar-refractivity contribution in [1.29, 1.82) is 0 Å². The summed E-state index contributed by atoms with van der Waals surface area (Å²) in [5, 5.41) is 0. The normalized spacial score (nSPS) is 11.1. The van der Waals surface area contributed by atoms with E-state index >= 15 is 0 Å². The van der Waals surface area contributed by atoms with Crippen LogP contribution in [-0.4, -0.2) is 9.55 Å². The summed E-state index contributed by atoms with van der Waals surface area (Å²) in [6, 6.07) is 16.3. The molecule has 3 rings (SSSR count). The first-order valence-corrected chi connectivity index (χ1v) is 7.11. The molecule has 3 nitrogen and oxygen atoms in total. The summed E-state index contributed by atoms with van der Waals surface area (Å²) in [6.07, 6.45) is 2.30. The number of rotatable bonds is 4. The van der Waals surface area contributed by atoms with Crippen molar-refractivity contribution < 1.29 is 0 Å². The number of anilines is 1. The van der Waals surface area contributed by atoms with E-state index in [2.05, 4.69) is 29.7 Å². The van der Waals surface area contributed by atoms with Crippen LogP contribution in [0.3, 0.4) is 0 Å². The summed E-state index contributed by atoms with van der Waals surface area (Å²) in [5.74, 6) is 1.01. The predicted molar refractivity (Wildman–Crippen MR) is 84.5 cm³/mol. The van der Waals surface area contributed by atoms with Crippen LogP contribution >= 0.6 is 0 Å². The number of aromatic nitrogens is 2. The van der Waals surface area contributed by atoms with Gasteiger partial charge in [-0.1, -0.05) is 49.7 Å². The van der Waals surface area contributed by atoms with Gasteiger partial charge in [0.05, 0.1) is 11.2 Å². The summed E-state index contributed by atoms with van der Waals surface area (Å²) in [4.78, 5) is 4.77. The lowest BCUT2D eigenvalue weighted by Gasteiger charge is -2.08. The Morgan fingerprint density at radius 2 is 1.85 bits per heavy atom. The molecule has 0 atom stereocenters. The maximum Gasteiger partial charge on any atom is 0.141 e. The smallest absolute Gasteiger partial charge is 0.141 e. The fraction of sp³-hybridized carbons (Fsp3) is 0.235. The first-order chi connectivity index (χ1) is 9.81. The third-order valence-corrected chi connectivity index (χ3v) is 3.58. The molecule has 0 spiro atoms. The number of hydrogen-bond donors (Lipinski definition) is 1. The number of benzene rings is 2. The molecular formula is C17H19N3. The van der Waals surface area contributed by atoms with E-state index < -0.39 is 0 Å². The van der Waals surface area contributed by atoms with Gasteiger partial charge in [-0.3, -0.25) is 0 Å². The standard InChI is InChI=1S/C17H19N3/c1-2-3-12-20-15-11-7-10-14(18)16(15)19-17(20)13-8-5-4-6-9-13/h4-11H,2-3,12,18H2,1H3. The summed E-state index contributed by atoms with van der Waals surface area (Å²) in [6.45, 7) is 3.18. The molecule has 0 aliphatic carbocycles. The van der Waals surface area contributed by atoms with Crippen LogP contribution in [0.5, 0.6) is 0 Å². The van der Waals surface area contributed by atoms with E-state index in [9.17, 15) is 0 Å². The Kier molecular flexibility index (Phi) is 3.42. The molecule has 102 valence electrons. The van der Waals surface area contributed by atoms with Gasteiger partial charge >= 0.3 is 0 Å². The van der Waals surface area contributed by atoms with Gasteiger partial charge in [-0.15, -0.1) is 0 Å². The fourth-order valence-corrected chi connectivity index (χ4v) is 2.52. The molecule has 0 saturated heterocycles. The van der Waals surface area contributed by atoms with Crippen LogP contribution in [0.2, 0.25) is 0 Å². The van der Waals surface area contributed by atoms with E-state index in [4.69, 9.17) is 10.7 Å². The van der Waals surface area contributed by atoms with Crippen molar-refractivity contribution in [1.82, 2.24) is 9.55 Å². The van der Waals surface area contributed by atoms with E-state index in [1.807, 2.05) is 30.3 Å². The average molecular weight is 265 g/mol. The number of nitrogens with zero attached hydrogens (tertiary/aromatic N) is 2. The van der Waals surface area contributed by atoms with Crippen molar-refractivity contribution in [3.05, 3.63) is 48.5 Å². The van der Waals surface area contributed by atoms with E-state index in [1.54, 1.807) is 0 Å². The van der Waals surface area contributed by atoms with Crippen LogP contribution in [0.1, 0.15) is 19.8 Å². The lowest BCUT2D eigenvalue weighted by Crippen LogP contribution is -2.00. The van der Waals surface area contributed by atoms with Crippen molar-refractivity contribution in [3.63, 3.8) is 0 Å². The van der Waals surface area contributed by atoms with Gasteiger partial charge in [-0.25, -0.2) is 4.98 Å². The predicted octanol–water partition coefficient (Wildman–Crippen LogP) is 4.09. The van der Waals surface area contributed by atoms with Gasteiger partial charge in [0, 0.05) is 12.1 Å². The molecule has 3 aromatic rings. The quantitative estimate of drug-likeness (QED) is 0.722. The van der Waals surface area contributed by atoms with E-state index in [-0.39, 0.29) is 0 Å². The average Bonchev–Trinajstić information content (AvgIpc) is 2.86. The molecule has 2 N–H and O–H groups in total. The maximum atomic E-state index is 6.07. The number of aryl methyl sites for hydroxylation is 1. The second kappa shape index (κ2) is 5.37. The van der Waals surface area contributed by atoms with Crippen molar-refractivity contribution in [2.45, 2.75) is 26.3 Å². The fourth-order valence-electron chi connectivity index (χ4n) is 2.52. The van der Waals surface area contributed by atoms with Crippen LogP contribution in [0, 0.1) is 0 Å². The van der Waals surface area contributed by atoms with Gasteiger partial charge in [-0.05, 0) is 18.6 Å². The van der Waals surface area contributed by atoms with Crippen LogP contribution in [0.15, 0.2) is 48.5 Å². The minimum absolute atomic E-state index is 0.745. The Bertz CT molecular complexity index is 714. The topological polar surface area (TPSA) is 43.8 Å². The molecule has 2 aromatic carbocycles. The van der Waals surface area contributed by atoms with Crippen LogP contribution in [0.25, 0.3) is 22.4 Å². The van der Waals surface area contributed by atoms with Gasteiger partial charge < -0.3 is 10.3 Å². The molecule has 3 heteroatoms. The molecule has 0 fully saturated rings. The molecule has 0 amide bonds. The Hall–Kier alpha value is -2.29. The Balaban J connectivity index is 2.22. The van der Waals surface area contributed by atoms with Crippen molar-refractivity contribution in [2.75, 3.05) is 5.73 Å². The number of nitrogens with two attached hydrogens (primary N) is 1. The van der Waals surface area contributed by atoms with Crippen LogP contribution in [0.4, 0.5) is 5.69 Å². The molecule has 0 radical (unpaired) electrons. The Labute approximate surface area is 119 Å². The highest BCUT2D eigenvalue weighted by Crippen LogP contribution is 2.28. The minimum atomic E-state index is 0.745. The van der Waals surface area contributed by atoms with Gasteiger partial charge in [0.1, 0.15) is 11.3 Å². The number of para-hydroxylation sites is 1. The third kappa shape index (κ3) is 2.16. The lowest BCUT2D eigenvalue weighted by molar-refractivity contribution is 0.651. The second-order valence-corrected chi connectivity index (χ2v) is 5.02. The molecule has 0 unspecified atom stereocenters. The highest BCUT2D eigenvalue weighted by molar-refractivity contribution is 5.90. The summed E-state index contributed by atoms with van der Waals surface area (Å²) >= 11 is 0. The summed E-state index contributed by atoms with van der Waals surface area (Å²) in [5.41, 5.74) is 9.98. The van der Waals surface area contributed by atoms with Gasteiger partial charge in [0.25, 0.3) is 0 Å². The SMILES string of the molecule is CCCCn1c(-c2ccccc2)nc2c(N)cccc21. The zero-order chi connectivity index (χ0) is 13.9. The zero-order valence-electron chi connectivity index (χ0n) is 11.7. The van der Waals surface area contributed by atoms with Gasteiger partial charge in [0.2, 0.25) is 0 Å². The Morgan fingerprint density at radius 1 is 1.05 bits per heavy atom. The summed E-state index contributed by atoms with van der Waals surface area (Å²) in [7, 11) is 0. The van der Waals surface area contributed by atoms with Crippen LogP contribution < -0.4 is 5.73 Å². The molecular weight excluding hydrogens is 246 g/mol. The van der Waals surface area contributed by atoms with Gasteiger partial charge in [-0.2, -0.15) is 0 Å². The number of imidazole rings is 1. The molecule has 20 heavy (non-hydrogen) atoms. The number of fused-ring (bicyclic) bond motifs is 1. The van der Waals surface area contributed by atoms with Gasteiger partial charge in [0.15, 0.2) is 0 Å². The maximum absolute atomic E-state index is 6.07. The van der Waals surface area contributed by atoms with Crippen molar-refractivity contribution in [2.24, 2.45) is 0 Å². The van der Waals surface area contributed by atoms with Crippen molar-refractivity contribution >= 4 is 16.7 Å². The largest absolute Gasteiger partial charge is 0.397 e. The number of nitrogen functional groups attached to an aromatic ring is 1. The monoisotopic (exact) mass is 265 g/mol. The lowest BCUT2D eigenvalue weighted by atomic mass is 10.2.